The Kier molecular flexibility index (Phi) is 3.51. The van der Waals surface area contributed by atoms with E-state index in [0.717, 1.165) is 17.1 Å². The Morgan fingerprint density at radius 1 is 1.38 bits per heavy atom. The number of aliphatic carboxylic acids is 1. The first kappa shape index (κ1) is 14.2. The van der Waals surface area contributed by atoms with Crippen molar-refractivity contribution in [2.45, 2.75) is 24.9 Å². The average Bonchev–Trinajstić information content (AvgIpc) is 2.90. The monoisotopic (exact) mass is 292 g/mol. The highest BCUT2D eigenvalue weighted by Crippen LogP contribution is 2.35. The van der Waals surface area contributed by atoms with E-state index >= 15 is 0 Å². The lowest BCUT2D eigenvalue weighted by atomic mass is 10.0. The predicted octanol–water partition coefficient (Wildman–Crippen LogP) is 1.01. The summed E-state index contributed by atoms with van der Waals surface area (Å²) in [5, 5.41) is 9.21. The summed E-state index contributed by atoms with van der Waals surface area (Å²) in [4.78, 5) is 13.3. The number of nitrogens with two attached hydrogens (primary N) is 1. The van der Waals surface area contributed by atoms with Gasteiger partial charge in [-0.1, -0.05) is 6.07 Å². The van der Waals surface area contributed by atoms with Gasteiger partial charge in [0.05, 0.1) is 0 Å². The number of likely N-dealkylation sites (tertiary alicyclic amines) is 1. The summed E-state index contributed by atoms with van der Waals surface area (Å²) in [6, 6.07) is 5.96. The predicted molar refractivity (Wildman–Crippen MR) is 76.6 cm³/mol. The lowest BCUT2D eigenvalue weighted by Gasteiger charge is -2.27. The summed E-state index contributed by atoms with van der Waals surface area (Å²) in [5.74, 6) is 0.582. The SMILES string of the molecule is CC(c1ccc2c(c1)OCCO2)N1CCC(N)(C(=O)O)C1. The molecular formula is C15H20N2O4. The molecule has 114 valence electrons. The van der Waals surface area contributed by atoms with Gasteiger partial charge in [-0.2, -0.15) is 0 Å². The van der Waals surface area contributed by atoms with Gasteiger partial charge in [-0.15, -0.1) is 0 Å². The van der Waals surface area contributed by atoms with E-state index in [1.807, 2.05) is 18.2 Å². The number of benzene rings is 1. The molecule has 6 heteroatoms. The zero-order valence-electron chi connectivity index (χ0n) is 12.0. The highest BCUT2D eigenvalue weighted by atomic mass is 16.6. The van der Waals surface area contributed by atoms with E-state index < -0.39 is 11.5 Å². The number of hydrogen-bond donors (Lipinski definition) is 2. The van der Waals surface area contributed by atoms with Crippen LogP contribution in [0.1, 0.15) is 24.9 Å². The first-order valence-electron chi connectivity index (χ1n) is 7.15. The normalized spacial score (nSPS) is 26.6. The van der Waals surface area contributed by atoms with Crippen LogP contribution in [0.15, 0.2) is 18.2 Å². The zero-order valence-corrected chi connectivity index (χ0v) is 12.0. The van der Waals surface area contributed by atoms with Crippen LogP contribution in [0.4, 0.5) is 0 Å². The number of carboxylic acid groups (broad SMARTS) is 1. The van der Waals surface area contributed by atoms with E-state index in [1.165, 1.54) is 0 Å². The van der Waals surface area contributed by atoms with Crippen molar-refractivity contribution in [2.24, 2.45) is 5.73 Å². The van der Waals surface area contributed by atoms with Gasteiger partial charge in [0.15, 0.2) is 11.5 Å². The van der Waals surface area contributed by atoms with Crippen molar-refractivity contribution < 1.29 is 19.4 Å². The fourth-order valence-corrected chi connectivity index (χ4v) is 2.90. The minimum Gasteiger partial charge on any atom is -0.486 e. The molecule has 2 heterocycles. The number of nitrogens with zero attached hydrogens (tertiary/aromatic N) is 1. The summed E-state index contributed by atoms with van der Waals surface area (Å²) < 4.78 is 11.1. The van der Waals surface area contributed by atoms with Crippen molar-refractivity contribution in [2.75, 3.05) is 26.3 Å². The number of ether oxygens (including phenoxy) is 2. The molecule has 0 spiro atoms. The maximum atomic E-state index is 11.2. The molecule has 0 aliphatic carbocycles. The molecule has 2 atom stereocenters. The highest BCUT2D eigenvalue weighted by Gasteiger charge is 2.42. The van der Waals surface area contributed by atoms with Crippen LogP contribution in [0, 0.1) is 0 Å². The van der Waals surface area contributed by atoms with Crippen molar-refractivity contribution in [3.8, 4) is 11.5 Å². The van der Waals surface area contributed by atoms with Crippen LogP contribution in [0.5, 0.6) is 11.5 Å². The molecule has 2 aliphatic rings. The van der Waals surface area contributed by atoms with Gasteiger partial charge < -0.3 is 20.3 Å². The average molecular weight is 292 g/mol. The van der Waals surface area contributed by atoms with E-state index in [1.54, 1.807) is 0 Å². The van der Waals surface area contributed by atoms with Gasteiger partial charge in [-0.05, 0) is 31.0 Å². The summed E-state index contributed by atoms with van der Waals surface area (Å²) >= 11 is 0. The molecule has 2 unspecified atom stereocenters. The molecule has 1 fully saturated rings. The Bertz CT molecular complexity index is 563. The third-order valence-electron chi connectivity index (χ3n) is 4.35. The van der Waals surface area contributed by atoms with Crippen molar-refractivity contribution >= 4 is 5.97 Å². The molecule has 21 heavy (non-hydrogen) atoms. The number of hydrogen-bond acceptors (Lipinski definition) is 5. The Balaban J connectivity index is 1.77. The smallest absolute Gasteiger partial charge is 0.325 e. The van der Waals surface area contributed by atoms with Gasteiger partial charge in [0, 0.05) is 19.1 Å². The molecule has 0 amide bonds. The molecule has 0 saturated carbocycles. The molecule has 1 saturated heterocycles. The number of fused-ring (bicyclic) bond motifs is 1. The third kappa shape index (κ3) is 2.56. The maximum Gasteiger partial charge on any atom is 0.325 e. The molecule has 3 N–H and O–H groups in total. The van der Waals surface area contributed by atoms with Crippen molar-refractivity contribution in [1.82, 2.24) is 4.90 Å². The highest BCUT2D eigenvalue weighted by molar-refractivity contribution is 5.79. The van der Waals surface area contributed by atoms with Gasteiger partial charge in [-0.3, -0.25) is 9.69 Å². The van der Waals surface area contributed by atoms with E-state index in [4.69, 9.17) is 15.2 Å². The fraction of sp³-hybridized carbons (Fsp3) is 0.533. The summed E-state index contributed by atoms with van der Waals surface area (Å²) in [7, 11) is 0. The summed E-state index contributed by atoms with van der Waals surface area (Å²) in [6.07, 6.45) is 0.469. The lowest BCUT2D eigenvalue weighted by molar-refractivity contribution is -0.142. The second-order valence-electron chi connectivity index (χ2n) is 5.76. The van der Waals surface area contributed by atoms with Crippen LogP contribution in [0.2, 0.25) is 0 Å². The number of carbonyl (C=O) groups is 1. The van der Waals surface area contributed by atoms with Gasteiger partial charge in [0.25, 0.3) is 0 Å². The molecule has 6 nitrogen and oxygen atoms in total. The Hall–Kier alpha value is -1.79. The van der Waals surface area contributed by atoms with Crippen molar-refractivity contribution in [1.29, 1.82) is 0 Å². The molecule has 1 aromatic carbocycles. The Morgan fingerprint density at radius 3 is 2.76 bits per heavy atom. The van der Waals surface area contributed by atoms with Crippen LogP contribution in [-0.2, 0) is 4.79 Å². The molecule has 0 radical (unpaired) electrons. The standard InChI is InChI=1S/C15H20N2O4/c1-10(17-5-4-15(16,9-17)14(18)19)11-2-3-12-13(8-11)21-7-6-20-12/h2-3,8,10H,4-7,9,16H2,1H3,(H,18,19). The summed E-state index contributed by atoms with van der Waals surface area (Å²) in [5.41, 5.74) is 5.87. The minimum absolute atomic E-state index is 0.0885. The van der Waals surface area contributed by atoms with Gasteiger partial charge >= 0.3 is 5.97 Å². The number of carboxylic acids is 1. The van der Waals surface area contributed by atoms with E-state index in [-0.39, 0.29) is 6.04 Å². The topological polar surface area (TPSA) is 85.0 Å². The largest absolute Gasteiger partial charge is 0.486 e. The molecule has 3 rings (SSSR count). The zero-order chi connectivity index (χ0) is 15.0. The van der Waals surface area contributed by atoms with Gasteiger partial charge in [-0.25, -0.2) is 0 Å². The fourth-order valence-electron chi connectivity index (χ4n) is 2.90. The molecule has 0 aromatic heterocycles. The first-order valence-corrected chi connectivity index (χ1v) is 7.15. The molecule has 1 aromatic rings. The second-order valence-corrected chi connectivity index (χ2v) is 5.76. The molecule has 2 aliphatic heterocycles. The van der Waals surface area contributed by atoms with Gasteiger partial charge in [0.1, 0.15) is 18.8 Å². The van der Waals surface area contributed by atoms with Crippen LogP contribution in [0.25, 0.3) is 0 Å². The van der Waals surface area contributed by atoms with Crippen molar-refractivity contribution in [3.63, 3.8) is 0 Å². The first-order chi connectivity index (χ1) is 9.99. The van der Waals surface area contributed by atoms with Crippen LogP contribution < -0.4 is 15.2 Å². The molecular weight excluding hydrogens is 272 g/mol. The third-order valence-corrected chi connectivity index (χ3v) is 4.35. The summed E-state index contributed by atoms with van der Waals surface area (Å²) in [6.45, 7) is 4.22. The Morgan fingerprint density at radius 2 is 2.10 bits per heavy atom. The Labute approximate surface area is 123 Å². The van der Waals surface area contributed by atoms with E-state index in [0.29, 0.717) is 32.7 Å². The molecule has 0 bridgehead atoms. The quantitative estimate of drug-likeness (QED) is 0.865. The van der Waals surface area contributed by atoms with E-state index in [9.17, 15) is 9.90 Å². The van der Waals surface area contributed by atoms with E-state index in [2.05, 4.69) is 11.8 Å². The van der Waals surface area contributed by atoms with Crippen LogP contribution in [-0.4, -0.2) is 47.8 Å². The maximum absolute atomic E-state index is 11.2. The van der Waals surface area contributed by atoms with Crippen LogP contribution >= 0.6 is 0 Å². The van der Waals surface area contributed by atoms with Gasteiger partial charge in [0.2, 0.25) is 0 Å². The number of rotatable bonds is 3. The second kappa shape index (κ2) is 5.20. The van der Waals surface area contributed by atoms with Crippen molar-refractivity contribution in [3.05, 3.63) is 23.8 Å². The lowest BCUT2D eigenvalue weighted by Crippen LogP contribution is -2.50. The van der Waals surface area contributed by atoms with Crippen LogP contribution in [0.3, 0.4) is 0 Å². The minimum atomic E-state index is -1.14.